The van der Waals surface area contributed by atoms with Gasteiger partial charge in [-0.25, -0.2) is 8.42 Å². The van der Waals surface area contributed by atoms with Gasteiger partial charge in [0.05, 0.1) is 4.90 Å². The first-order valence-electron chi connectivity index (χ1n) is 8.95. The number of benzene rings is 3. The van der Waals surface area contributed by atoms with E-state index in [4.69, 9.17) is 0 Å². The van der Waals surface area contributed by atoms with E-state index in [0.717, 1.165) is 15.2 Å². The molecule has 29 heavy (non-hydrogen) atoms. The predicted molar refractivity (Wildman–Crippen MR) is 124 cm³/mol. The first-order chi connectivity index (χ1) is 13.9. The third-order valence-electron chi connectivity index (χ3n) is 4.37. The van der Waals surface area contributed by atoms with Crippen molar-refractivity contribution in [2.45, 2.75) is 17.4 Å². The van der Waals surface area contributed by atoms with Crippen molar-refractivity contribution in [2.24, 2.45) is 0 Å². The number of hydrogen-bond acceptors (Lipinski definition) is 4. The zero-order valence-electron chi connectivity index (χ0n) is 15.8. The molecule has 3 aromatic carbocycles. The number of carbonyl (C=O) groups is 1. The number of carbonyl (C=O) groups excluding carboxylic acids is 1. The van der Waals surface area contributed by atoms with Crippen LogP contribution in [0.3, 0.4) is 0 Å². The fourth-order valence-corrected chi connectivity index (χ4v) is 4.81. The fourth-order valence-electron chi connectivity index (χ4n) is 2.84. The second-order valence-corrected chi connectivity index (χ2v) is 10.1. The van der Waals surface area contributed by atoms with Crippen molar-refractivity contribution in [3.05, 3.63) is 71.2 Å². The van der Waals surface area contributed by atoms with Crippen LogP contribution in [0.5, 0.6) is 0 Å². The molecule has 3 aromatic rings. The second-order valence-electron chi connectivity index (χ2n) is 6.46. The van der Waals surface area contributed by atoms with Gasteiger partial charge in [0.2, 0.25) is 15.9 Å². The number of sulfonamides is 1. The highest BCUT2D eigenvalue weighted by Gasteiger charge is 2.25. The fraction of sp³-hybridized carbons (Fsp3) is 0.190. The molecule has 3 rings (SSSR count). The van der Waals surface area contributed by atoms with Gasteiger partial charge in [0.1, 0.15) is 6.04 Å². The number of thioether (sulfide) groups is 1. The molecule has 0 saturated carbocycles. The molecule has 0 radical (unpaired) electrons. The lowest BCUT2D eigenvalue weighted by Crippen LogP contribution is -2.44. The van der Waals surface area contributed by atoms with Gasteiger partial charge >= 0.3 is 0 Å². The minimum atomic E-state index is -3.82. The average Bonchev–Trinajstić information content (AvgIpc) is 2.71. The lowest BCUT2D eigenvalue weighted by molar-refractivity contribution is -0.117. The van der Waals surface area contributed by atoms with Crippen LogP contribution < -0.4 is 10.0 Å². The van der Waals surface area contributed by atoms with Gasteiger partial charge in [-0.1, -0.05) is 46.3 Å². The number of amides is 1. The van der Waals surface area contributed by atoms with E-state index in [-0.39, 0.29) is 10.8 Å². The van der Waals surface area contributed by atoms with Gasteiger partial charge in [0.25, 0.3) is 0 Å². The number of rotatable bonds is 8. The molecular weight excluding hydrogens is 472 g/mol. The van der Waals surface area contributed by atoms with Crippen LogP contribution >= 0.6 is 27.7 Å². The van der Waals surface area contributed by atoms with E-state index in [1.165, 1.54) is 12.1 Å². The van der Waals surface area contributed by atoms with E-state index in [2.05, 4.69) is 26.0 Å². The molecule has 152 valence electrons. The van der Waals surface area contributed by atoms with Crippen LogP contribution in [0, 0.1) is 0 Å². The van der Waals surface area contributed by atoms with Crippen LogP contribution in [0.25, 0.3) is 10.8 Å². The van der Waals surface area contributed by atoms with Crippen LogP contribution in [0.4, 0.5) is 5.69 Å². The van der Waals surface area contributed by atoms with E-state index >= 15 is 0 Å². The maximum atomic E-state index is 12.9. The van der Waals surface area contributed by atoms with Crippen LogP contribution in [-0.2, 0) is 14.8 Å². The molecule has 8 heteroatoms. The Labute approximate surface area is 183 Å². The lowest BCUT2D eigenvalue weighted by Gasteiger charge is -2.18. The molecule has 0 heterocycles. The summed E-state index contributed by atoms with van der Waals surface area (Å²) < 4.78 is 28.8. The second kappa shape index (κ2) is 9.75. The Morgan fingerprint density at radius 3 is 2.41 bits per heavy atom. The summed E-state index contributed by atoms with van der Waals surface area (Å²) in [5.41, 5.74) is 0.630. The molecule has 1 unspecified atom stereocenters. The molecule has 0 bridgehead atoms. The topological polar surface area (TPSA) is 75.3 Å². The van der Waals surface area contributed by atoms with Gasteiger partial charge < -0.3 is 5.32 Å². The highest BCUT2D eigenvalue weighted by Crippen LogP contribution is 2.20. The van der Waals surface area contributed by atoms with Crippen molar-refractivity contribution >= 4 is 60.1 Å². The van der Waals surface area contributed by atoms with Crippen LogP contribution in [-0.4, -0.2) is 32.4 Å². The number of nitrogens with one attached hydrogen (secondary N) is 2. The average molecular weight is 493 g/mol. The molecule has 2 N–H and O–H groups in total. The maximum Gasteiger partial charge on any atom is 0.242 e. The number of anilines is 1. The molecule has 0 aromatic heterocycles. The molecule has 0 spiro atoms. The van der Waals surface area contributed by atoms with Gasteiger partial charge in [-0.3, -0.25) is 4.79 Å². The Kier molecular flexibility index (Phi) is 7.34. The van der Waals surface area contributed by atoms with Gasteiger partial charge in [-0.05, 0) is 65.6 Å². The molecular formula is C21H21BrN2O3S2. The Morgan fingerprint density at radius 2 is 1.72 bits per heavy atom. The third kappa shape index (κ3) is 5.82. The first-order valence-corrected chi connectivity index (χ1v) is 12.6. The Hall–Kier alpha value is -1.87. The molecule has 0 aliphatic heterocycles. The Morgan fingerprint density at radius 1 is 1.03 bits per heavy atom. The summed E-state index contributed by atoms with van der Waals surface area (Å²) >= 11 is 4.85. The molecule has 0 aliphatic rings. The van der Waals surface area contributed by atoms with Crippen molar-refractivity contribution in [1.29, 1.82) is 0 Å². The van der Waals surface area contributed by atoms with E-state index in [0.29, 0.717) is 17.9 Å². The normalized spacial score (nSPS) is 12.6. The van der Waals surface area contributed by atoms with Crippen LogP contribution in [0.2, 0.25) is 0 Å². The van der Waals surface area contributed by atoms with Crippen molar-refractivity contribution in [2.75, 3.05) is 17.3 Å². The standard InChI is InChI=1S/C21H21BrN2O3S2/c1-28-13-12-20(24-29(26,27)19-10-7-17(22)8-11-19)21(25)23-18-9-6-15-4-2-3-5-16(15)14-18/h2-11,14,20,24H,12-13H2,1H3,(H,23,25). The zero-order chi connectivity index (χ0) is 20.9. The SMILES string of the molecule is CSCCC(NS(=O)(=O)c1ccc(Br)cc1)C(=O)Nc1ccc2ccccc2c1. The van der Waals surface area contributed by atoms with Crippen LogP contribution in [0.15, 0.2) is 76.1 Å². The summed E-state index contributed by atoms with van der Waals surface area (Å²) in [6, 6.07) is 18.9. The molecule has 1 amide bonds. The first kappa shape index (κ1) is 21.8. The quantitative estimate of drug-likeness (QED) is 0.480. The lowest BCUT2D eigenvalue weighted by atomic mass is 10.1. The smallest absolute Gasteiger partial charge is 0.242 e. The number of fused-ring (bicyclic) bond motifs is 1. The summed E-state index contributed by atoms with van der Waals surface area (Å²) in [5, 5.41) is 4.91. The highest BCUT2D eigenvalue weighted by molar-refractivity contribution is 9.10. The highest BCUT2D eigenvalue weighted by atomic mass is 79.9. The number of halogens is 1. The van der Waals surface area contributed by atoms with E-state index in [1.807, 2.05) is 48.7 Å². The van der Waals surface area contributed by atoms with E-state index in [1.54, 1.807) is 23.9 Å². The summed E-state index contributed by atoms with van der Waals surface area (Å²) in [5.74, 6) is 0.272. The van der Waals surface area contributed by atoms with Gasteiger partial charge in [-0.15, -0.1) is 0 Å². The summed E-state index contributed by atoms with van der Waals surface area (Å²) in [4.78, 5) is 13.0. The van der Waals surface area contributed by atoms with Crippen molar-refractivity contribution in [3.63, 3.8) is 0 Å². The summed E-state index contributed by atoms with van der Waals surface area (Å²) in [6.07, 6.45) is 2.30. The number of hydrogen-bond donors (Lipinski definition) is 2. The summed E-state index contributed by atoms with van der Waals surface area (Å²) in [7, 11) is -3.82. The van der Waals surface area contributed by atoms with Crippen LogP contribution in [0.1, 0.15) is 6.42 Å². The Balaban J connectivity index is 1.79. The van der Waals surface area contributed by atoms with E-state index < -0.39 is 16.1 Å². The molecule has 0 fully saturated rings. The largest absolute Gasteiger partial charge is 0.325 e. The van der Waals surface area contributed by atoms with Crippen molar-refractivity contribution in [1.82, 2.24) is 4.72 Å². The van der Waals surface area contributed by atoms with Crippen molar-refractivity contribution < 1.29 is 13.2 Å². The minimum absolute atomic E-state index is 0.119. The predicted octanol–water partition coefficient (Wildman–Crippen LogP) is 4.64. The molecule has 5 nitrogen and oxygen atoms in total. The summed E-state index contributed by atoms with van der Waals surface area (Å²) in [6.45, 7) is 0. The molecule has 0 aliphatic carbocycles. The maximum absolute atomic E-state index is 12.9. The molecule has 1 atom stereocenters. The van der Waals surface area contributed by atoms with E-state index in [9.17, 15) is 13.2 Å². The van der Waals surface area contributed by atoms with Gasteiger partial charge in [0, 0.05) is 10.2 Å². The Bertz CT molecular complexity index is 1100. The monoisotopic (exact) mass is 492 g/mol. The zero-order valence-corrected chi connectivity index (χ0v) is 19.0. The van der Waals surface area contributed by atoms with Gasteiger partial charge in [0.15, 0.2) is 0 Å². The van der Waals surface area contributed by atoms with Gasteiger partial charge in [-0.2, -0.15) is 16.5 Å². The third-order valence-corrected chi connectivity index (χ3v) is 7.03. The molecule has 0 saturated heterocycles. The minimum Gasteiger partial charge on any atom is -0.325 e. The van der Waals surface area contributed by atoms with Crippen molar-refractivity contribution in [3.8, 4) is 0 Å².